The molecule has 0 aliphatic carbocycles. The van der Waals surface area contributed by atoms with Gasteiger partial charge in [0.2, 0.25) is 23.6 Å². The number of carbonyl (C=O) groups is 6. The predicted octanol–water partition coefficient (Wildman–Crippen LogP) is 6.61. The van der Waals surface area contributed by atoms with Crippen LogP contribution in [-0.4, -0.2) is 116 Å². The van der Waals surface area contributed by atoms with Crippen LogP contribution in [0.1, 0.15) is 83.1 Å². The van der Waals surface area contributed by atoms with E-state index in [4.69, 9.17) is 11.5 Å². The standard InChI is InChI=1S/C50H56N14O6S6/c1-3-71-73-27-33(53)47(67)63-37(49(69)59-31-11-13-35-41(23-31)75-43(25-51)61-35)9-5-7-17-57-45(65)29-15-19-55-39(21-29)40-22-30(16-20-56-40)46(66)58-18-8-6-10-38(64-48(68)34(54)28-74-72-4-2)50(70)60-32-12-14-36-42(24-32)76-44(26-52)62-36/h11-16,19-24,33-34,37-38H,3-10,17-18,27-28,53-54H2,1-2H3,(H,57,65)(H,58,66)(H,59,69)(H,60,70)(H,63,67)(H,64,68). The summed E-state index contributed by atoms with van der Waals surface area (Å²) in [5.74, 6) is -0.0605. The number of aromatic nitrogens is 4. The number of amides is 6. The molecule has 6 aromatic rings. The van der Waals surface area contributed by atoms with E-state index < -0.39 is 47.8 Å². The fourth-order valence-electron chi connectivity index (χ4n) is 7.19. The van der Waals surface area contributed by atoms with Crippen LogP contribution >= 0.6 is 65.8 Å². The minimum absolute atomic E-state index is 0.264. The van der Waals surface area contributed by atoms with E-state index in [0.717, 1.165) is 20.9 Å². The number of fused-ring (bicyclic) bond motifs is 2. The maximum Gasteiger partial charge on any atom is 0.251 e. The SMILES string of the molecule is CCSSCC(N)C(=O)NC(CCCCNC(=O)c1ccnc(-c2cc(C(=O)NCCCCC(NC(=O)C(N)CSSCC)C(=O)Nc3ccc4nc(C#N)sc4c3)ccn2)c1)C(=O)Nc1ccc2nc(C#N)sc2c1. The number of benzene rings is 2. The lowest BCUT2D eigenvalue weighted by atomic mass is 10.1. The summed E-state index contributed by atoms with van der Waals surface area (Å²) in [5.41, 5.74) is 15.9. The Morgan fingerprint density at radius 2 is 1.00 bits per heavy atom. The lowest BCUT2D eigenvalue weighted by Gasteiger charge is -2.21. The molecule has 0 aliphatic heterocycles. The van der Waals surface area contributed by atoms with Gasteiger partial charge in [0, 0.05) is 71.0 Å². The van der Waals surface area contributed by atoms with E-state index in [9.17, 15) is 39.3 Å². The zero-order chi connectivity index (χ0) is 54.4. The van der Waals surface area contributed by atoms with E-state index in [1.54, 1.807) is 82.3 Å². The first-order chi connectivity index (χ1) is 36.8. The summed E-state index contributed by atoms with van der Waals surface area (Å²) in [4.78, 5) is 97.2. The summed E-state index contributed by atoms with van der Waals surface area (Å²) < 4.78 is 1.46. The normalized spacial score (nSPS) is 12.6. The fraction of sp³-hybridized carbons (Fsp3) is 0.360. The van der Waals surface area contributed by atoms with Gasteiger partial charge in [0.15, 0.2) is 10.0 Å². The molecule has 20 nitrogen and oxygen atoms in total. The highest BCUT2D eigenvalue weighted by atomic mass is 33.1. The number of nitrogens with two attached hydrogens (primary N) is 2. The summed E-state index contributed by atoms with van der Waals surface area (Å²) in [6.07, 6.45) is 5.38. The van der Waals surface area contributed by atoms with Crippen LogP contribution in [0, 0.1) is 22.7 Å². The predicted molar refractivity (Wildman–Crippen MR) is 307 cm³/mol. The maximum absolute atomic E-state index is 13.6. The Labute approximate surface area is 463 Å². The number of carbonyl (C=O) groups excluding carboxylic acids is 6. The lowest BCUT2D eigenvalue weighted by Crippen LogP contribution is -2.50. The molecule has 76 heavy (non-hydrogen) atoms. The van der Waals surface area contributed by atoms with Gasteiger partial charge in [0.1, 0.15) is 24.2 Å². The van der Waals surface area contributed by atoms with E-state index >= 15 is 0 Å². The van der Waals surface area contributed by atoms with Gasteiger partial charge in [-0.3, -0.25) is 38.7 Å². The van der Waals surface area contributed by atoms with Gasteiger partial charge in [0.05, 0.1) is 43.9 Å². The Hall–Kier alpha value is -6.36. The largest absolute Gasteiger partial charge is 0.352 e. The number of hydrogen-bond acceptors (Lipinski definition) is 20. The molecule has 6 rings (SSSR count). The highest BCUT2D eigenvalue weighted by Gasteiger charge is 2.26. The second kappa shape index (κ2) is 30.4. The Balaban J connectivity index is 0.983. The summed E-state index contributed by atoms with van der Waals surface area (Å²) in [6.45, 7) is 4.54. The average molecular weight is 1140 g/mol. The summed E-state index contributed by atoms with van der Waals surface area (Å²) in [6, 6.07) is 17.1. The van der Waals surface area contributed by atoms with Crippen LogP contribution in [0.2, 0.25) is 0 Å². The summed E-state index contributed by atoms with van der Waals surface area (Å²) in [7, 11) is 6.14. The quantitative estimate of drug-likeness (QED) is 0.0181. The molecule has 0 radical (unpaired) electrons. The molecular formula is C50H56N14O6S6. The van der Waals surface area contributed by atoms with E-state index in [0.29, 0.717) is 92.1 Å². The Kier molecular flexibility index (Phi) is 23.6. The molecule has 0 spiro atoms. The van der Waals surface area contributed by atoms with E-state index in [-0.39, 0.29) is 37.7 Å². The third kappa shape index (κ3) is 17.9. The number of rotatable bonds is 29. The molecule has 4 aromatic heterocycles. The van der Waals surface area contributed by atoms with Gasteiger partial charge in [0.25, 0.3) is 11.8 Å². The van der Waals surface area contributed by atoms with Gasteiger partial charge in [-0.2, -0.15) is 10.5 Å². The minimum Gasteiger partial charge on any atom is -0.352 e. The second-order valence-corrected chi connectivity index (χ2v) is 24.3. The van der Waals surface area contributed by atoms with Crippen LogP contribution in [0.25, 0.3) is 31.8 Å². The second-order valence-electron chi connectivity index (χ2n) is 16.7. The highest BCUT2D eigenvalue weighted by molar-refractivity contribution is 8.77. The highest BCUT2D eigenvalue weighted by Crippen LogP contribution is 2.27. The Morgan fingerprint density at radius 1 is 0.579 bits per heavy atom. The van der Waals surface area contributed by atoms with Gasteiger partial charge in [-0.1, -0.05) is 57.0 Å². The van der Waals surface area contributed by atoms with Crippen molar-refractivity contribution in [2.45, 2.75) is 76.5 Å². The van der Waals surface area contributed by atoms with Crippen molar-refractivity contribution < 1.29 is 28.8 Å². The van der Waals surface area contributed by atoms with Crippen LogP contribution in [0.15, 0.2) is 73.1 Å². The Bertz CT molecular complexity index is 2890. The van der Waals surface area contributed by atoms with E-state index in [1.165, 1.54) is 56.7 Å². The molecule has 4 heterocycles. The van der Waals surface area contributed by atoms with Gasteiger partial charge >= 0.3 is 0 Å². The number of thiazole rings is 2. The van der Waals surface area contributed by atoms with Crippen molar-refractivity contribution in [3.05, 3.63) is 94.2 Å². The minimum atomic E-state index is -0.917. The van der Waals surface area contributed by atoms with E-state index in [2.05, 4.69) is 51.8 Å². The zero-order valence-corrected chi connectivity index (χ0v) is 46.4. The molecule has 4 unspecified atom stereocenters. The Morgan fingerprint density at radius 3 is 1.39 bits per heavy atom. The number of hydrogen-bond donors (Lipinski definition) is 8. The lowest BCUT2D eigenvalue weighted by molar-refractivity contribution is -0.127. The fourth-order valence-corrected chi connectivity index (χ4v) is 12.4. The number of nitriles is 2. The smallest absolute Gasteiger partial charge is 0.251 e. The third-order valence-corrected chi connectivity index (χ3v) is 17.9. The van der Waals surface area contributed by atoms with Crippen LogP contribution < -0.4 is 43.4 Å². The zero-order valence-electron chi connectivity index (χ0n) is 41.5. The van der Waals surface area contributed by atoms with Gasteiger partial charge in [-0.25, -0.2) is 9.97 Å². The van der Waals surface area contributed by atoms with Gasteiger partial charge in [-0.05, 0) is 99.2 Å². The molecule has 0 saturated carbocycles. The van der Waals surface area contributed by atoms with Crippen LogP contribution in [0.5, 0.6) is 0 Å². The van der Waals surface area contributed by atoms with E-state index in [1.807, 2.05) is 26.0 Å². The third-order valence-electron chi connectivity index (χ3n) is 11.1. The molecule has 2 aromatic carbocycles. The number of nitrogens with zero attached hydrogens (tertiary/aromatic N) is 6. The first kappa shape index (κ1) is 58.9. The van der Waals surface area contributed by atoms with Crippen molar-refractivity contribution in [2.75, 3.05) is 46.7 Å². The molecule has 26 heteroatoms. The summed E-state index contributed by atoms with van der Waals surface area (Å²) in [5, 5.41) is 36.3. The molecule has 4 atom stereocenters. The number of unbranched alkanes of at least 4 members (excludes halogenated alkanes) is 2. The summed E-state index contributed by atoms with van der Waals surface area (Å²) >= 11 is 2.41. The average Bonchev–Trinajstić information content (AvgIpc) is 4.05. The van der Waals surface area contributed by atoms with Gasteiger partial charge in [-0.15, -0.1) is 22.7 Å². The van der Waals surface area contributed by atoms with Crippen LogP contribution in [0.3, 0.4) is 0 Å². The number of anilines is 2. The van der Waals surface area contributed by atoms with Crippen molar-refractivity contribution in [2.24, 2.45) is 11.5 Å². The molecular weight excluding hydrogens is 1090 g/mol. The number of pyridine rings is 2. The molecule has 0 fully saturated rings. The molecule has 0 saturated heterocycles. The van der Waals surface area contributed by atoms with Crippen molar-refractivity contribution >= 4 is 133 Å². The molecule has 10 N–H and O–H groups in total. The van der Waals surface area contributed by atoms with Crippen molar-refractivity contribution in [1.82, 2.24) is 41.2 Å². The topological polar surface area (TPSA) is 326 Å². The molecule has 0 bridgehead atoms. The van der Waals surface area contributed by atoms with Gasteiger partial charge < -0.3 is 43.4 Å². The number of nitrogens with one attached hydrogen (secondary N) is 6. The molecule has 6 amide bonds. The van der Waals surface area contributed by atoms with Crippen molar-refractivity contribution in [3.63, 3.8) is 0 Å². The van der Waals surface area contributed by atoms with Crippen LogP contribution in [0.4, 0.5) is 11.4 Å². The first-order valence-corrected chi connectivity index (χ1v) is 30.7. The van der Waals surface area contributed by atoms with Crippen molar-refractivity contribution in [1.29, 1.82) is 10.5 Å². The maximum atomic E-state index is 13.6. The monoisotopic (exact) mass is 1140 g/mol. The first-order valence-electron chi connectivity index (χ1n) is 24.1. The molecule has 0 aliphatic rings. The molecule has 398 valence electrons. The van der Waals surface area contributed by atoms with Crippen molar-refractivity contribution in [3.8, 4) is 23.5 Å². The van der Waals surface area contributed by atoms with Crippen LogP contribution in [-0.2, 0) is 19.2 Å².